The van der Waals surface area contributed by atoms with E-state index in [1.165, 1.54) is 0 Å². The first-order valence-electron chi connectivity index (χ1n) is 10.3. The third kappa shape index (κ3) is 2.95. The fourth-order valence-electron chi connectivity index (χ4n) is 5.50. The Kier molecular flexibility index (Phi) is 4.29. The van der Waals surface area contributed by atoms with Crippen molar-refractivity contribution < 1.29 is 14.3 Å². The van der Waals surface area contributed by atoms with Gasteiger partial charge in [-0.05, 0) is 55.4 Å². The van der Waals surface area contributed by atoms with Crippen molar-refractivity contribution in [3.05, 3.63) is 30.5 Å². The summed E-state index contributed by atoms with van der Waals surface area (Å²) in [6.07, 6.45) is 5.92. The Hall–Kier alpha value is -2.50. The van der Waals surface area contributed by atoms with Gasteiger partial charge in [0, 0.05) is 49.2 Å². The van der Waals surface area contributed by atoms with Crippen LogP contribution in [-0.4, -0.2) is 59.0 Å². The number of piperidine rings is 3. The van der Waals surface area contributed by atoms with Gasteiger partial charge in [-0.2, -0.15) is 0 Å². The first-order valence-corrected chi connectivity index (χ1v) is 10.3. The van der Waals surface area contributed by atoms with Crippen molar-refractivity contribution in [2.45, 2.75) is 38.3 Å². The van der Waals surface area contributed by atoms with Gasteiger partial charge in [0.1, 0.15) is 12.3 Å². The van der Waals surface area contributed by atoms with Crippen LogP contribution in [0.5, 0.6) is 5.75 Å². The zero-order valence-corrected chi connectivity index (χ0v) is 16.3. The van der Waals surface area contributed by atoms with Crippen LogP contribution in [0.4, 0.5) is 0 Å². The largest absolute Gasteiger partial charge is 0.497 e. The maximum absolute atomic E-state index is 13.1. The highest BCUT2D eigenvalue weighted by atomic mass is 16.5. The van der Waals surface area contributed by atoms with Gasteiger partial charge in [0.05, 0.1) is 7.11 Å². The molecule has 2 amide bonds. The number of nitrogens with zero attached hydrogens (tertiary/aromatic N) is 3. The van der Waals surface area contributed by atoms with E-state index in [1.807, 2.05) is 39.9 Å². The van der Waals surface area contributed by atoms with Crippen molar-refractivity contribution in [2.75, 3.05) is 26.7 Å². The molecule has 0 aliphatic carbocycles. The predicted octanol–water partition coefficient (Wildman–Crippen LogP) is 2.51. The second-order valence-electron chi connectivity index (χ2n) is 8.53. The molecule has 3 aliphatic heterocycles. The lowest BCUT2D eigenvalue weighted by Crippen LogP contribution is -2.61. The molecule has 6 heteroatoms. The van der Waals surface area contributed by atoms with Crippen molar-refractivity contribution in [3.63, 3.8) is 0 Å². The molecule has 0 radical (unpaired) electrons. The Morgan fingerprint density at radius 1 is 1.21 bits per heavy atom. The lowest BCUT2D eigenvalue weighted by molar-refractivity contribution is -0.148. The molecule has 6 nitrogen and oxygen atoms in total. The summed E-state index contributed by atoms with van der Waals surface area (Å²) in [5.41, 5.74) is 1.05. The highest BCUT2D eigenvalue weighted by Gasteiger charge is 2.44. The molecule has 1 aromatic heterocycles. The second-order valence-corrected chi connectivity index (χ2v) is 8.53. The van der Waals surface area contributed by atoms with Gasteiger partial charge < -0.3 is 19.1 Å². The van der Waals surface area contributed by atoms with E-state index in [4.69, 9.17) is 4.74 Å². The summed E-state index contributed by atoms with van der Waals surface area (Å²) in [6, 6.07) is 8.31. The van der Waals surface area contributed by atoms with Gasteiger partial charge >= 0.3 is 0 Å². The zero-order chi connectivity index (χ0) is 19.3. The number of carbonyl (C=O) groups is 2. The highest BCUT2D eigenvalue weighted by Crippen LogP contribution is 2.38. The first kappa shape index (κ1) is 17.6. The van der Waals surface area contributed by atoms with E-state index in [9.17, 15) is 9.59 Å². The minimum absolute atomic E-state index is 0.179. The predicted molar refractivity (Wildman–Crippen MR) is 106 cm³/mol. The van der Waals surface area contributed by atoms with Crippen molar-refractivity contribution >= 4 is 22.7 Å². The number of ether oxygens (including phenoxy) is 1. The summed E-state index contributed by atoms with van der Waals surface area (Å²) in [7, 11) is 1.66. The molecule has 0 N–H and O–H groups in total. The van der Waals surface area contributed by atoms with Gasteiger partial charge in [0.25, 0.3) is 0 Å². The number of amides is 2. The second kappa shape index (κ2) is 6.83. The molecule has 2 bridgehead atoms. The van der Waals surface area contributed by atoms with Crippen LogP contribution in [-0.2, 0) is 16.1 Å². The van der Waals surface area contributed by atoms with Gasteiger partial charge in [-0.1, -0.05) is 0 Å². The first-order chi connectivity index (χ1) is 13.6. The van der Waals surface area contributed by atoms with E-state index < -0.39 is 0 Å². The van der Waals surface area contributed by atoms with E-state index in [-0.39, 0.29) is 5.91 Å². The molecule has 3 aliphatic rings. The molecule has 4 heterocycles. The fourth-order valence-corrected chi connectivity index (χ4v) is 5.50. The maximum atomic E-state index is 13.1. The molecule has 0 saturated carbocycles. The normalized spacial score (nSPS) is 27.0. The smallest absolute Gasteiger partial charge is 0.242 e. The third-order valence-electron chi connectivity index (χ3n) is 6.82. The standard InChI is InChI=1S/C22H27N3O3/c1-28-18-5-6-19-16(10-18)7-8-23(19)14-22(27)24-11-15-9-17(13-24)20-3-2-4-21(26)25(20)12-15/h5-8,10,15,17,20H,2-4,9,11-14H2,1H3/t15-,17+,20?/m1/s1. The molecular weight excluding hydrogens is 354 g/mol. The minimum Gasteiger partial charge on any atom is -0.497 e. The molecule has 5 rings (SSSR count). The maximum Gasteiger partial charge on any atom is 0.242 e. The molecule has 2 aromatic rings. The monoisotopic (exact) mass is 381 g/mol. The number of carbonyl (C=O) groups excluding carboxylic acids is 2. The van der Waals surface area contributed by atoms with Crippen LogP contribution in [0.15, 0.2) is 30.5 Å². The average Bonchev–Trinajstić information content (AvgIpc) is 3.10. The fraction of sp³-hybridized carbons (Fsp3) is 0.545. The number of methoxy groups -OCH3 is 1. The third-order valence-corrected chi connectivity index (χ3v) is 6.82. The quantitative estimate of drug-likeness (QED) is 0.821. The van der Waals surface area contributed by atoms with E-state index in [1.54, 1.807) is 7.11 Å². The average molecular weight is 381 g/mol. The minimum atomic E-state index is 0.179. The molecule has 3 atom stereocenters. The number of likely N-dealkylation sites (tertiary alicyclic amines) is 1. The van der Waals surface area contributed by atoms with Crippen LogP contribution in [0.25, 0.3) is 10.9 Å². The Bertz CT molecular complexity index is 921. The number of hydrogen-bond acceptors (Lipinski definition) is 3. The zero-order valence-electron chi connectivity index (χ0n) is 16.3. The summed E-state index contributed by atoms with van der Waals surface area (Å²) < 4.78 is 7.31. The molecule has 148 valence electrons. The van der Waals surface area contributed by atoms with Gasteiger partial charge in [-0.15, -0.1) is 0 Å². The van der Waals surface area contributed by atoms with Crippen LogP contribution >= 0.6 is 0 Å². The molecular formula is C22H27N3O3. The summed E-state index contributed by atoms with van der Waals surface area (Å²) >= 11 is 0. The van der Waals surface area contributed by atoms with Crippen molar-refractivity contribution in [1.82, 2.24) is 14.4 Å². The van der Waals surface area contributed by atoms with Crippen LogP contribution in [0.2, 0.25) is 0 Å². The Morgan fingerprint density at radius 2 is 2.11 bits per heavy atom. The van der Waals surface area contributed by atoms with Gasteiger partial charge in [0.2, 0.25) is 11.8 Å². The topological polar surface area (TPSA) is 54.8 Å². The number of rotatable bonds is 3. The Labute approximate surface area is 165 Å². The molecule has 3 fully saturated rings. The van der Waals surface area contributed by atoms with Crippen molar-refractivity contribution in [2.24, 2.45) is 11.8 Å². The number of hydrogen-bond donors (Lipinski definition) is 0. The molecule has 1 aromatic carbocycles. The molecule has 3 saturated heterocycles. The summed E-state index contributed by atoms with van der Waals surface area (Å²) in [6.45, 7) is 2.76. The van der Waals surface area contributed by atoms with Crippen molar-refractivity contribution in [1.29, 1.82) is 0 Å². The van der Waals surface area contributed by atoms with Crippen LogP contribution < -0.4 is 4.74 Å². The van der Waals surface area contributed by atoms with E-state index >= 15 is 0 Å². The SMILES string of the molecule is COc1ccc2c(ccn2CC(=O)N2C[C@H]3C[C@@H](C2)C2CCCC(=O)N2C3)c1. The lowest BCUT2D eigenvalue weighted by Gasteiger charge is -2.52. The molecule has 28 heavy (non-hydrogen) atoms. The highest BCUT2D eigenvalue weighted by molar-refractivity contribution is 5.84. The number of fused-ring (bicyclic) bond motifs is 5. The molecule has 0 spiro atoms. The van der Waals surface area contributed by atoms with Gasteiger partial charge in [-0.3, -0.25) is 9.59 Å². The number of benzene rings is 1. The number of aromatic nitrogens is 1. The summed E-state index contributed by atoms with van der Waals surface area (Å²) in [5, 5.41) is 1.08. The van der Waals surface area contributed by atoms with Gasteiger partial charge in [0.15, 0.2) is 0 Å². The summed E-state index contributed by atoms with van der Waals surface area (Å²) in [5.74, 6) is 2.18. The van der Waals surface area contributed by atoms with Crippen LogP contribution in [0, 0.1) is 11.8 Å². The lowest BCUT2D eigenvalue weighted by atomic mass is 9.76. The molecule has 1 unspecified atom stereocenters. The van der Waals surface area contributed by atoms with Crippen molar-refractivity contribution in [3.8, 4) is 5.75 Å². The van der Waals surface area contributed by atoms with Crippen LogP contribution in [0.1, 0.15) is 25.7 Å². The van der Waals surface area contributed by atoms with E-state index in [0.717, 1.165) is 55.5 Å². The van der Waals surface area contributed by atoms with E-state index in [2.05, 4.69) is 4.90 Å². The summed E-state index contributed by atoms with van der Waals surface area (Å²) in [4.78, 5) is 29.5. The van der Waals surface area contributed by atoms with Gasteiger partial charge in [-0.25, -0.2) is 0 Å². The Balaban J connectivity index is 1.31. The van der Waals surface area contributed by atoms with E-state index in [0.29, 0.717) is 36.8 Å². The Morgan fingerprint density at radius 3 is 2.96 bits per heavy atom. The van der Waals surface area contributed by atoms with Crippen LogP contribution in [0.3, 0.4) is 0 Å².